The first-order chi connectivity index (χ1) is 11.3. The average Bonchev–Trinajstić information content (AvgIpc) is 2.50. The molecule has 0 bridgehead atoms. The molecule has 0 aromatic heterocycles. The van der Waals surface area contributed by atoms with E-state index in [4.69, 9.17) is 5.73 Å². The molecule has 0 spiro atoms. The summed E-state index contributed by atoms with van der Waals surface area (Å²) in [7, 11) is 0. The largest absolute Gasteiger partial charge is 0.573 e. The van der Waals surface area contributed by atoms with Crippen molar-refractivity contribution in [3.8, 4) is 5.75 Å². The van der Waals surface area contributed by atoms with Crippen molar-refractivity contribution in [2.75, 3.05) is 31.5 Å². The van der Waals surface area contributed by atoms with Gasteiger partial charge < -0.3 is 20.7 Å². The minimum Gasteiger partial charge on any atom is -0.404 e. The molecule has 0 amide bonds. The summed E-state index contributed by atoms with van der Waals surface area (Å²) < 4.78 is 41.1. The van der Waals surface area contributed by atoms with Crippen LogP contribution >= 0.6 is 0 Å². The normalized spacial score (nSPS) is 17.8. The van der Waals surface area contributed by atoms with E-state index in [0.29, 0.717) is 6.54 Å². The predicted octanol–water partition coefficient (Wildman–Crippen LogP) is 3.04. The molecule has 1 aromatic rings. The Morgan fingerprint density at radius 2 is 2.00 bits per heavy atom. The number of anilines is 1. The number of guanidine groups is 1. The first kappa shape index (κ1) is 18.4. The number of piperidine rings is 1. The van der Waals surface area contributed by atoms with Crippen LogP contribution in [0, 0.1) is 5.92 Å². The quantitative estimate of drug-likeness (QED) is 0.637. The Hall–Kier alpha value is -1.96. The fourth-order valence-corrected chi connectivity index (χ4v) is 2.56. The number of rotatable bonds is 5. The molecule has 1 aliphatic rings. The zero-order chi connectivity index (χ0) is 17.6. The molecule has 5 nitrogen and oxygen atoms in total. The van der Waals surface area contributed by atoms with Gasteiger partial charge in [-0.25, -0.2) is 0 Å². The van der Waals surface area contributed by atoms with Gasteiger partial charge in [0.25, 0.3) is 0 Å². The van der Waals surface area contributed by atoms with E-state index in [1.807, 2.05) is 0 Å². The Kier molecular flexibility index (Phi) is 6.30. The van der Waals surface area contributed by atoms with Crippen LogP contribution in [0.15, 0.2) is 29.3 Å². The van der Waals surface area contributed by atoms with Gasteiger partial charge in [0.1, 0.15) is 0 Å². The second-order valence-electron chi connectivity index (χ2n) is 5.96. The summed E-state index contributed by atoms with van der Waals surface area (Å²) in [5.41, 5.74) is 5.89. The highest BCUT2D eigenvalue weighted by Gasteiger charge is 2.32. The van der Waals surface area contributed by atoms with Crippen molar-refractivity contribution in [3.05, 3.63) is 24.3 Å². The third kappa shape index (κ3) is 6.27. The first-order valence-corrected chi connectivity index (χ1v) is 7.97. The van der Waals surface area contributed by atoms with E-state index in [2.05, 4.69) is 26.9 Å². The van der Waals surface area contributed by atoms with Gasteiger partial charge in [-0.15, -0.1) is 13.2 Å². The second-order valence-corrected chi connectivity index (χ2v) is 5.96. The number of nitrogens with two attached hydrogens (primary N) is 1. The summed E-state index contributed by atoms with van der Waals surface area (Å²) >= 11 is 0. The van der Waals surface area contributed by atoms with Crippen LogP contribution in [0.2, 0.25) is 0 Å². The van der Waals surface area contributed by atoms with Crippen molar-refractivity contribution in [3.63, 3.8) is 0 Å². The lowest BCUT2D eigenvalue weighted by Crippen LogP contribution is -2.35. The summed E-state index contributed by atoms with van der Waals surface area (Å²) in [4.78, 5) is 6.49. The van der Waals surface area contributed by atoms with Gasteiger partial charge in [0.2, 0.25) is 0 Å². The highest BCUT2D eigenvalue weighted by Crippen LogP contribution is 2.29. The number of nitrogens with one attached hydrogen (secondary N) is 1. The summed E-state index contributed by atoms with van der Waals surface area (Å²) in [5.74, 6) is 0.494. The predicted molar refractivity (Wildman–Crippen MR) is 88.1 cm³/mol. The molecule has 0 radical (unpaired) electrons. The molecular formula is C16H23F3N4O. The molecule has 0 saturated carbocycles. The minimum absolute atomic E-state index is 0.0681. The van der Waals surface area contributed by atoms with E-state index in [1.54, 1.807) is 6.07 Å². The van der Waals surface area contributed by atoms with Crippen LogP contribution in [0.25, 0.3) is 0 Å². The van der Waals surface area contributed by atoms with E-state index in [0.717, 1.165) is 25.6 Å². The van der Waals surface area contributed by atoms with Crippen molar-refractivity contribution in [2.24, 2.45) is 16.6 Å². The van der Waals surface area contributed by atoms with E-state index >= 15 is 0 Å². The average molecular weight is 344 g/mol. The molecule has 0 atom stereocenters. The van der Waals surface area contributed by atoms with Gasteiger partial charge in [0.05, 0.1) is 12.2 Å². The third-order valence-corrected chi connectivity index (χ3v) is 3.95. The van der Waals surface area contributed by atoms with Crippen molar-refractivity contribution in [1.29, 1.82) is 0 Å². The zero-order valence-corrected chi connectivity index (χ0v) is 13.6. The molecule has 1 saturated heterocycles. The van der Waals surface area contributed by atoms with Gasteiger partial charge in [0.15, 0.2) is 11.7 Å². The molecule has 134 valence electrons. The van der Waals surface area contributed by atoms with Crippen LogP contribution in [0.3, 0.4) is 0 Å². The number of alkyl halides is 3. The van der Waals surface area contributed by atoms with Crippen LogP contribution in [0.5, 0.6) is 5.75 Å². The maximum absolute atomic E-state index is 12.4. The van der Waals surface area contributed by atoms with Crippen LogP contribution in [-0.4, -0.2) is 43.4 Å². The first-order valence-electron chi connectivity index (χ1n) is 7.97. The Morgan fingerprint density at radius 3 is 2.67 bits per heavy atom. The van der Waals surface area contributed by atoms with Crippen molar-refractivity contribution >= 4 is 11.6 Å². The van der Waals surface area contributed by atoms with E-state index in [-0.39, 0.29) is 17.4 Å². The lowest BCUT2D eigenvalue weighted by atomic mass is 9.99. The van der Waals surface area contributed by atoms with E-state index in [1.165, 1.54) is 31.0 Å². The van der Waals surface area contributed by atoms with Crippen molar-refractivity contribution in [2.45, 2.75) is 26.1 Å². The van der Waals surface area contributed by atoms with Crippen LogP contribution in [0.1, 0.15) is 19.8 Å². The van der Waals surface area contributed by atoms with Gasteiger partial charge in [-0.1, -0.05) is 19.1 Å². The number of nitrogens with zero attached hydrogens (tertiary/aromatic N) is 2. The lowest BCUT2D eigenvalue weighted by molar-refractivity contribution is -0.274. The van der Waals surface area contributed by atoms with Crippen LogP contribution in [0.4, 0.5) is 18.9 Å². The fraction of sp³-hybridized carbons (Fsp3) is 0.562. The summed E-state index contributed by atoms with van der Waals surface area (Å²) in [6.45, 7) is 5.63. The Balaban J connectivity index is 1.86. The van der Waals surface area contributed by atoms with Crippen LogP contribution in [-0.2, 0) is 0 Å². The number of para-hydroxylation sites is 2. The number of halogens is 3. The van der Waals surface area contributed by atoms with E-state index < -0.39 is 6.36 Å². The molecule has 1 fully saturated rings. The monoisotopic (exact) mass is 344 g/mol. The standard InChI is InChI=1S/C16H23F3N4O/c1-12-6-9-23(10-7-12)11-8-21-15(20)22-13-4-2-3-5-14(13)24-16(17,18)19/h2-5,12H,6-11H2,1H3,(H3,20,21,22). The summed E-state index contributed by atoms with van der Waals surface area (Å²) in [6, 6.07) is 5.72. The van der Waals surface area contributed by atoms with Gasteiger partial charge in [0, 0.05) is 6.54 Å². The number of benzene rings is 1. The maximum atomic E-state index is 12.4. The van der Waals surface area contributed by atoms with Gasteiger partial charge in [-0.05, 0) is 44.0 Å². The molecule has 0 aliphatic carbocycles. The Bertz CT molecular complexity index is 554. The smallest absolute Gasteiger partial charge is 0.404 e. The molecule has 24 heavy (non-hydrogen) atoms. The minimum atomic E-state index is -4.75. The number of aliphatic imine (C=N–C) groups is 1. The molecule has 3 N–H and O–H groups in total. The maximum Gasteiger partial charge on any atom is 0.573 e. The Labute approximate surface area is 139 Å². The highest BCUT2D eigenvalue weighted by atomic mass is 19.4. The topological polar surface area (TPSA) is 62.9 Å². The summed E-state index contributed by atoms with van der Waals surface area (Å²) in [5, 5.41) is 2.66. The van der Waals surface area contributed by atoms with Crippen LogP contribution < -0.4 is 15.8 Å². The number of hydrogen-bond acceptors (Lipinski definition) is 3. The molecule has 1 aliphatic heterocycles. The van der Waals surface area contributed by atoms with Gasteiger partial charge in [-0.2, -0.15) is 0 Å². The fourth-order valence-electron chi connectivity index (χ4n) is 2.56. The molecule has 2 rings (SSSR count). The summed E-state index contributed by atoms with van der Waals surface area (Å²) in [6.07, 6.45) is -2.39. The lowest BCUT2D eigenvalue weighted by Gasteiger charge is -2.29. The number of likely N-dealkylation sites (tertiary alicyclic amines) is 1. The van der Waals surface area contributed by atoms with Gasteiger partial charge >= 0.3 is 6.36 Å². The molecule has 1 heterocycles. The SMILES string of the molecule is CC1CCN(CCN=C(N)Nc2ccccc2OC(F)(F)F)CC1. The third-order valence-electron chi connectivity index (χ3n) is 3.95. The zero-order valence-electron chi connectivity index (χ0n) is 13.6. The highest BCUT2D eigenvalue weighted by molar-refractivity contribution is 5.93. The van der Waals surface area contributed by atoms with Crippen molar-refractivity contribution in [1.82, 2.24) is 4.90 Å². The number of ether oxygens (including phenoxy) is 1. The number of hydrogen-bond donors (Lipinski definition) is 2. The van der Waals surface area contributed by atoms with Gasteiger partial charge in [-0.3, -0.25) is 4.99 Å². The molecular weight excluding hydrogens is 321 g/mol. The molecule has 8 heteroatoms. The molecule has 0 unspecified atom stereocenters. The van der Waals surface area contributed by atoms with Crippen molar-refractivity contribution < 1.29 is 17.9 Å². The van der Waals surface area contributed by atoms with E-state index in [9.17, 15) is 13.2 Å². The second kappa shape index (κ2) is 8.23. The Morgan fingerprint density at radius 1 is 1.33 bits per heavy atom. The molecule has 1 aromatic carbocycles.